The van der Waals surface area contributed by atoms with Gasteiger partial charge in [-0.1, -0.05) is 11.8 Å². The highest BCUT2D eigenvalue weighted by Crippen LogP contribution is 2.21. The summed E-state index contributed by atoms with van der Waals surface area (Å²) < 4.78 is 4.99. The molecule has 0 bridgehead atoms. The summed E-state index contributed by atoms with van der Waals surface area (Å²) in [5.41, 5.74) is 0. The normalized spacial score (nSPS) is 10.4. The quantitative estimate of drug-likeness (QED) is 0.612. The summed E-state index contributed by atoms with van der Waals surface area (Å²) in [5.74, 6) is -0.150. The van der Waals surface area contributed by atoms with Gasteiger partial charge in [0, 0.05) is 11.0 Å². The molecule has 0 fully saturated rings. The van der Waals surface area contributed by atoms with E-state index in [2.05, 4.69) is 0 Å². The molecular weight excluding hydrogens is 200 g/mol. The maximum Gasteiger partial charge on any atom is 0.328 e. The van der Waals surface area contributed by atoms with Gasteiger partial charge in [0.1, 0.15) is 5.75 Å². The molecule has 0 saturated heterocycles. The molecule has 1 aromatic carbocycles. The first-order valence-electron chi connectivity index (χ1n) is 3.92. The molecule has 0 aliphatic carbocycles. The molecular formula is C10H10O3S. The number of aliphatic carboxylic acids is 1. The highest BCUT2D eigenvalue weighted by molar-refractivity contribution is 8.02. The number of methoxy groups -OCH3 is 1. The van der Waals surface area contributed by atoms with Crippen LogP contribution in [0.3, 0.4) is 0 Å². The van der Waals surface area contributed by atoms with Crippen molar-refractivity contribution in [3.05, 3.63) is 35.7 Å². The van der Waals surface area contributed by atoms with Crippen molar-refractivity contribution < 1.29 is 14.6 Å². The Kier molecular flexibility index (Phi) is 4.07. The Morgan fingerprint density at radius 3 is 2.57 bits per heavy atom. The van der Waals surface area contributed by atoms with Gasteiger partial charge >= 0.3 is 5.97 Å². The predicted molar refractivity (Wildman–Crippen MR) is 55.6 cm³/mol. The maximum atomic E-state index is 10.2. The first-order chi connectivity index (χ1) is 6.72. The fourth-order valence-corrected chi connectivity index (χ4v) is 1.46. The third kappa shape index (κ3) is 3.53. The van der Waals surface area contributed by atoms with Crippen LogP contribution in [0.25, 0.3) is 0 Å². The number of benzene rings is 1. The number of ether oxygens (including phenoxy) is 1. The molecule has 0 saturated carbocycles. The van der Waals surface area contributed by atoms with Crippen molar-refractivity contribution in [2.24, 2.45) is 0 Å². The summed E-state index contributed by atoms with van der Waals surface area (Å²) in [6.45, 7) is 0. The van der Waals surface area contributed by atoms with E-state index in [9.17, 15) is 4.79 Å². The molecule has 0 heterocycles. The van der Waals surface area contributed by atoms with E-state index in [0.29, 0.717) is 0 Å². The second-order valence-corrected chi connectivity index (χ2v) is 3.41. The minimum Gasteiger partial charge on any atom is -0.497 e. The molecule has 3 nitrogen and oxygen atoms in total. The van der Waals surface area contributed by atoms with Gasteiger partial charge < -0.3 is 9.84 Å². The van der Waals surface area contributed by atoms with Gasteiger partial charge in [0.05, 0.1) is 7.11 Å². The lowest BCUT2D eigenvalue weighted by molar-refractivity contribution is -0.131. The molecule has 74 valence electrons. The molecule has 0 aliphatic heterocycles. The molecule has 0 amide bonds. The molecule has 0 aromatic heterocycles. The Balaban J connectivity index is 2.56. The largest absolute Gasteiger partial charge is 0.497 e. The molecule has 0 spiro atoms. The third-order valence-electron chi connectivity index (χ3n) is 1.47. The van der Waals surface area contributed by atoms with Crippen LogP contribution in [0, 0.1) is 0 Å². The Bertz CT molecular complexity index is 330. The number of carboxylic acid groups (broad SMARTS) is 1. The number of carbonyl (C=O) groups is 1. The van der Waals surface area contributed by atoms with Crippen molar-refractivity contribution in [3.63, 3.8) is 0 Å². The number of rotatable bonds is 4. The zero-order valence-corrected chi connectivity index (χ0v) is 8.45. The van der Waals surface area contributed by atoms with E-state index in [1.165, 1.54) is 17.2 Å². The minimum absolute atomic E-state index is 0.788. The molecule has 0 aliphatic rings. The Morgan fingerprint density at radius 2 is 2.07 bits per heavy atom. The van der Waals surface area contributed by atoms with Crippen LogP contribution in [0.4, 0.5) is 0 Å². The van der Waals surface area contributed by atoms with Gasteiger partial charge in [-0.3, -0.25) is 0 Å². The second kappa shape index (κ2) is 5.34. The van der Waals surface area contributed by atoms with Gasteiger partial charge in [-0.05, 0) is 29.7 Å². The molecule has 0 radical (unpaired) electrons. The number of hydrogen-bond acceptors (Lipinski definition) is 3. The molecule has 1 rings (SSSR count). The van der Waals surface area contributed by atoms with Gasteiger partial charge in [0.25, 0.3) is 0 Å². The molecule has 1 aromatic rings. The fourth-order valence-electron chi connectivity index (χ4n) is 0.825. The summed E-state index contributed by atoms with van der Waals surface area (Å²) in [6.07, 6.45) is 1.11. The molecule has 14 heavy (non-hydrogen) atoms. The van der Waals surface area contributed by atoms with Crippen LogP contribution in [-0.4, -0.2) is 18.2 Å². The zero-order chi connectivity index (χ0) is 10.4. The van der Waals surface area contributed by atoms with Gasteiger partial charge in [-0.25, -0.2) is 4.79 Å². The van der Waals surface area contributed by atoms with Gasteiger partial charge in [-0.15, -0.1) is 0 Å². The van der Waals surface area contributed by atoms with Crippen LogP contribution in [0.15, 0.2) is 40.6 Å². The monoisotopic (exact) mass is 210 g/mol. The number of thioether (sulfide) groups is 1. The molecule has 4 heteroatoms. The number of hydrogen-bond donors (Lipinski definition) is 1. The van der Waals surface area contributed by atoms with Crippen LogP contribution >= 0.6 is 11.8 Å². The van der Waals surface area contributed by atoms with Crippen molar-refractivity contribution in [1.29, 1.82) is 0 Å². The van der Waals surface area contributed by atoms with Gasteiger partial charge in [-0.2, -0.15) is 0 Å². The SMILES string of the molecule is COc1ccc(SC=CC(=O)O)cc1. The fraction of sp³-hybridized carbons (Fsp3) is 0.100. The van der Waals surface area contributed by atoms with Gasteiger partial charge in [0.15, 0.2) is 0 Å². The first-order valence-corrected chi connectivity index (χ1v) is 4.80. The summed E-state index contributed by atoms with van der Waals surface area (Å²) in [7, 11) is 1.60. The lowest BCUT2D eigenvalue weighted by Crippen LogP contribution is -1.84. The predicted octanol–water partition coefficient (Wildman–Crippen LogP) is 2.39. The van der Waals surface area contributed by atoms with Crippen LogP contribution < -0.4 is 4.74 Å². The van der Waals surface area contributed by atoms with E-state index in [0.717, 1.165) is 16.7 Å². The van der Waals surface area contributed by atoms with Crippen LogP contribution in [0.1, 0.15) is 0 Å². The Labute approximate surface area is 86.4 Å². The van der Waals surface area contributed by atoms with E-state index in [4.69, 9.17) is 9.84 Å². The van der Waals surface area contributed by atoms with Crippen molar-refractivity contribution in [3.8, 4) is 5.75 Å². The standard InChI is InChI=1S/C10H10O3S/c1-13-8-2-4-9(5-3-8)14-7-6-10(11)12/h2-7H,1H3,(H,11,12). The van der Waals surface area contributed by atoms with Crippen molar-refractivity contribution >= 4 is 17.7 Å². The average molecular weight is 210 g/mol. The Hall–Kier alpha value is -1.42. The maximum absolute atomic E-state index is 10.2. The summed E-state index contributed by atoms with van der Waals surface area (Å²) in [5, 5.41) is 9.89. The molecule has 0 atom stereocenters. The second-order valence-electron chi connectivity index (χ2n) is 2.43. The smallest absolute Gasteiger partial charge is 0.328 e. The zero-order valence-electron chi connectivity index (χ0n) is 7.64. The van der Waals surface area contributed by atoms with Crippen LogP contribution in [-0.2, 0) is 4.79 Å². The van der Waals surface area contributed by atoms with Crippen molar-refractivity contribution in [2.45, 2.75) is 4.90 Å². The van der Waals surface area contributed by atoms with E-state index >= 15 is 0 Å². The lowest BCUT2D eigenvalue weighted by Gasteiger charge is -1.99. The topological polar surface area (TPSA) is 46.5 Å². The summed E-state index contributed by atoms with van der Waals surface area (Å²) >= 11 is 1.35. The minimum atomic E-state index is -0.939. The van der Waals surface area contributed by atoms with Crippen molar-refractivity contribution in [2.75, 3.05) is 7.11 Å². The Morgan fingerprint density at radius 1 is 1.43 bits per heavy atom. The highest BCUT2D eigenvalue weighted by atomic mass is 32.2. The first kappa shape index (κ1) is 10.7. The average Bonchev–Trinajstić information content (AvgIpc) is 2.18. The highest BCUT2D eigenvalue weighted by Gasteiger charge is 1.92. The van der Waals surface area contributed by atoms with Crippen molar-refractivity contribution in [1.82, 2.24) is 0 Å². The van der Waals surface area contributed by atoms with E-state index in [1.54, 1.807) is 7.11 Å². The molecule has 0 unspecified atom stereocenters. The lowest BCUT2D eigenvalue weighted by atomic mass is 10.3. The van der Waals surface area contributed by atoms with E-state index in [1.807, 2.05) is 24.3 Å². The van der Waals surface area contributed by atoms with E-state index < -0.39 is 5.97 Å². The number of carboxylic acids is 1. The summed E-state index contributed by atoms with van der Waals surface area (Å²) in [4.78, 5) is 11.1. The van der Waals surface area contributed by atoms with Gasteiger partial charge in [0.2, 0.25) is 0 Å². The van der Waals surface area contributed by atoms with Crippen LogP contribution in [0.2, 0.25) is 0 Å². The van der Waals surface area contributed by atoms with Crippen LogP contribution in [0.5, 0.6) is 5.75 Å². The third-order valence-corrected chi connectivity index (χ3v) is 2.29. The molecule has 1 N–H and O–H groups in total. The van der Waals surface area contributed by atoms with E-state index in [-0.39, 0.29) is 0 Å². The summed E-state index contributed by atoms with van der Waals surface area (Å²) in [6, 6.07) is 7.40.